The van der Waals surface area contributed by atoms with Crippen molar-refractivity contribution in [2.75, 3.05) is 31.5 Å². The summed E-state index contributed by atoms with van der Waals surface area (Å²) in [6.07, 6.45) is 0. The Hall–Kier alpha value is -3.59. The average Bonchev–Trinajstić information content (AvgIpc) is 2.76. The normalized spacial score (nSPS) is 10.3. The third kappa shape index (κ3) is 4.87. The van der Waals surface area contributed by atoms with Crippen LogP contribution in [0, 0.1) is 0 Å². The summed E-state index contributed by atoms with van der Waals surface area (Å²) in [6, 6.07) is 11.8. The summed E-state index contributed by atoms with van der Waals surface area (Å²) >= 11 is 6.02. The number of carbonyl (C=O) groups excluding carboxylic acids is 1. The quantitative estimate of drug-likeness (QED) is 0.554. The number of benzene rings is 1. The molecule has 0 bridgehead atoms. The molecule has 1 amide bonds. The topological polar surface area (TPSA) is 107 Å². The second-order valence-electron chi connectivity index (χ2n) is 5.84. The smallest absolute Gasteiger partial charge is 0.275 e. The lowest BCUT2D eigenvalue weighted by Crippen LogP contribution is -2.16. The van der Waals surface area contributed by atoms with Crippen LogP contribution < -0.4 is 24.8 Å². The molecule has 1 aromatic carbocycles. The minimum absolute atomic E-state index is 0.140. The number of pyridine rings is 1. The standard InChI is InChI=1S/C20H20ClN5O4/c1-4-30-17-10-5-7-12(22-17)20(27)24-19-13(11-16(21)25-26-19)23-18-14(28-2)8-6-9-15(18)29-3/h5-11H,4H2,1-3H3,(H,23,25)(H,24,26,27). The molecule has 3 aromatic rings. The van der Waals surface area contributed by atoms with E-state index < -0.39 is 5.91 Å². The summed E-state index contributed by atoms with van der Waals surface area (Å²) in [4.78, 5) is 16.9. The lowest BCUT2D eigenvalue weighted by molar-refractivity contribution is 0.102. The SMILES string of the molecule is CCOc1cccc(C(=O)Nc2nnc(Cl)cc2Nc2c(OC)cccc2OC)n1. The van der Waals surface area contributed by atoms with E-state index in [-0.39, 0.29) is 16.7 Å². The summed E-state index contributed by atoms with van der Waals surface area (Å²) in [5.41, 5.74) is 1.10. The molecule has 2 heterocycles. The molecule has 156 valence electrons. The molecule has 0 radical (unpaired) electrons. The van der Waals surface area contributed by atoms with Gasteiger partial charge in [-0.05, 0) is 25.1 Å². The highest BCUT2D eigenvalue weighted by molar-refractivity contribution is 6.29. The number of hydrogen-bond donors (Lipinski definition) is 2. The highest BCUT2D eigenvalue weighted by Crippen LogP contribution is 2.38. The van der Waals surface area contributed by atoms with Gasteiger partial charge in [-0.2, -0.15) is 0 Å². The second kappa shape index (κ2) is 9.75. The van der Waals surface area contributed by atoms with Crippen molar-refractivity contribution < 1.29 is 19.0 Å². The number of rotatable bonds is 8. The molecule has 0 spiro atoms. The van der Waals surface area contributed by atoms with Gasteiger partial charge in [0.15, 0.2) is 11.0 Å². The molecule has 9 nitrogen and oxygen atoms in total. The molecule has 0 aliphatic heterocycles. The number of halogens is 1. The van der Waals surface area contributed by atoms with Gasteiger partial charge >= 0.3 is 0 Å². The van der Waals surface area contributed by atoms with Gasteiger partial charge in [-0.1, -0.05) is 23.7 Å². The Kier molecular flexibility index (Phi) is 6.87. The number of amides is 1. The number of hydrogen-bond acceptors (Lipinski definition) is 8. The average molecular weight is 430 g/mol. The molecule has 0 atom stereocenters. The summed E-state index contributed by atoms with van der Waals surface area (Å²) in [7, 11) is 3.08. The summed E-state index contributed by atoms with van der Waals surface area (Å²) < 4.78 is 16.1. The summed E-state index contributed by atoms with van der Waals surface area (Å²) in [5.74, 6) is 1.09. The lowest BCUT2D eigenvalue weighted by atomic mass is 10.2. The van der Waals surface area contributed by atoms with E-state index in [1.165, 1.54) is 20.3 Å². The van der Waals surface area contributed by atoms with Crippen LogP contribution in [0.25, 0.3) is 0 Å². The molecular weight excluding hydrogens is 410 g/mol. The van der Waals surface area contributed by atoms with Crippen LogP contribution in [0.4, 0.5) is 17.2 Å². The number of para-hydroxylation sites is 1. The van der Waals surface area contributed by atoms with Gasteiger partial charge in [-0.25, -0.2) is 4.98 Å². The van der Waals surface area contributed by atoms with E-state index >= 15 is 0 Å². The third-order valence-electron chi connectivity index (χ3n) is 3.93. The first kappa shape index (κ1) is 21.1. The predicted molar refractivity (Wildman–Crippen MR) is 113 cm³/mol. The minimum Gasteiger partial charge on any atom is -0.494 e. The highest BCUT2D eigenvalue weighted by atomic mass is 35.5. The van der Waals surface area contributed by atoms with Gasteiger partial charge in [0.1, 0.15) is 22.9 Å². The van der Waals surface area contributed by atoms with Crippen molar-refractivity contribution in [3.63, 3.8) is 0 Å². The van der Waals surface area contributed by atoms with Crippen LogP contribution in [0.5, 0.6) is 17.4 Å². The summed E-state index contributed by atoms with van der Waals surface area (Å²) in [5, 5.41) is 13.8. The molecule has 30 heavy (non-hydrogen) atoms. The maximum Gasteiger partial charge on any atom is 0.275 e. The zero-order valence-electron chi connectivity index (χ0n) is 16.6. The van der Waals surface area contributed by atoms with Crippen LogP contribution in [0.15, 0.2) is 42.5 Å². The molecule has 0 fully saturated rings. The number of carbonyl (C=O) groups is 1. The Morgan fingerprint density at radius 3 is 2.43 bits per heavy atom. The van der Waals surface area contributed by atoms with E-state index in [0.29, 0.717) is 35.4 Å². The predicted octanol–water partition coefficient (Wildman–Crippen LogP) is 3.94. The van der Waals surface area contributed by atoms with Crippen molar-refractivity contribution in [2.24, 2.45) is 0 Å². The number of ether oxygens (including phenoxy) is 3. The lowest BCUT2D eigenvalue weighted by Gasteiger charge is -2.16. The fraction of sp³-hybridized carbons (Fsp3) is 0.200. The number of aromatic nitrogens is 3. The van der Waals surface area contributed by atoms with Gasteiger partial charge < -0.3 is 24.8 Å². The van der Waals surface area contributed by atoms with E-state index in [9.17, 15) is 4.79 Å². The van der Waals surface area contributed by atoms with Crippen LogP contribution in [0.3, 0.4) is 0 Å². The third-order valence-corrected chi connectivity index (χ3v) is 4.12. The fourth-order valence-corrected chi connectivity index (χ4v) is 2.75. The Labute approximate surface area is 178 Å². The molecule has 3 rings (SSSR count). The van der Waals surface area contributed by atoms with E-state index in [0.717, 1.165) is 0 Å². The highest BCUT2D eigenvalue weighted by Gasteiger charge is 2.17. The fourth-order valence-electron chi connectivity index (χ4n) is 2.61. The first-order valence-corrected chi connectivity index (χ1v) is 9.36. The molecule has 0 saturated carbocycles. The molecular formula is C20H20ClN5O4. The first-order chi connectivity index (χ1) is 14.5. The molecule has 10 heteroatoms. The van der Waals surface area contributed by atoms with Crippen molar-refractivity contribution in [2.45, 2.75) is 6.92 Å². The van der Waals surface area contributed by atoms with E-state index in [1.807, 2.05) is 6.92 Å². The van der Waals surface area contributed by atoms with E-state index in [4.69, 9.17) is 25.8 Å². The van der Waals surface area contributed by atoms with Crippen LogP contribution in [0.1, 0.15) is 17.4 Å². The Morgan fingerprint density at radius 1 is 1.07 bits per heavy atom. The molecule has 2 aromatic heterocycles. The number of methoxy groups -OCH3 is 2. The molecule has 0 saturated heterocycles. The molecule has 2 N–H and O–H groups in total. The largest absolute Gasteiger partial charge is 0.494 e. The molecule has 0 aliphatic rings. The van der Waals surface area contributed by atoms with Crippen LogP contribution in [-0.4, -0.2) is 41.9 Å². The van der Waals surface area contributed by atoms with Gasteiger partial charge in [0.2, 0.25) is 5.88 Å². The molecule has 0 unspecified atom stereocenters. The Morgan fingerprint density at radius 2 is 1.77 bits per heavy atom. The van der Waals surface area contributed by atoms with Crippen molar-refractivity contribution in [3.8, 4) is 17.4 Å². The Balaban J connectivity index is 1.92. The van der Waals surface area contributed by atoms with Gasteiger partial charge in [0.25, 0.3) is 5.91 Å². The van der Waals surface area contributed by atoms with Crippen molar-refractivity contribution in [1.29, 1.82) is 0 Å². The van der Waals surface area contributed by atoms with Crippen molar-refractivity contribution >= 4 is 34.7 Å². The number of anilines is 3. The van der Waals surface area contributed by atoms with Crippen LogP contribution >= 0.6 is 11.6 Å². The first-order valence-electron chi connectivity index (χ1n) is 8.98. The number of nitrogens with one attached hydrogen (secondary N) is 2. The number of nitrogens with zero attached hydrogens (tertiary/aromatic N) is 3. The van der Waals surface area contributed by atoms with Gasteiger partial charge in [-0.3, -0.25) is 4.79 Å². The van der Waals surface area contributed by atoms with Crippen molar-refractivity contribution in [1.82, 2.24) is 15.2 Å². The molecule has 0 aliphatic carbocycles. The van der Waals surface area contributed by atoms with E-state index in [1.54, 1.807) is 36.4 Å². The maximum absolute atomic E-state index is 12.7. The maximum atomic E-state index is 12.7. The van der Waals surface area contributed by atoms with Crippen molar-refractivity contribution in [3.05, 3.63) is 53.3 Å². The van der Waals surface area contributed by atoms with Gasteiger partial charge in [-0.15, -0.1) is 10.2 Å². The Bertz CT molecular complexity index is 1030. The zero-order valence-corrected chi connectivity index (χ0v) is 17.4. The zero-order chi connectivity index (χ0) is 21.5. The van der Waals surface area contributed by atoms with Gasteiger partial charge in [0.05, 0.1) is 26.5 Å². The van der Waals surface area contributed by atoms with E-state index in [2.05, 4.69) is 25.8 Å². The second-order valence-corrected chi connectivity index (χ2v) is 6.23. The monoisotopic (exact) mass is 429 g/mol. The van der Waals surface area contributed by atoms with Crippen LogP contribution in [-0.2, 0) is 0 Å². The van der Waals surface area contributed by atoms with Crippen LogP contribution in [0.2, 0.25) is 5.15 Å². The minimum atomic E-state index is -0.483. The summed E-state index contributed by atoms with van der Waals surface area (Å²) in [6.45, 7) is 2.28. The van der Waals surface area contributed by atoms with Gasteiger partial charge in [0, 0.05) is 12.1 Å².